The Morgan fingerprint density at radius 3 is 2.60 bits per heavy atom. The van der Waals surface area contributed by atoms with Gasteiger partial charge in [0.05, 0.1) is 0 Å². The van der Waals surface area contributed by atoms with Gasteiger partial charge < -0.3 is 10.5 Å². The predicted molar refractivity (Wildman–Crippen MR) is 83.2 cm³/mol. The van der Waals surface area contributed by atoms with Crippen molar-refractivity contribution in [2.75, 3.05) is 11.5 Å². The minimum absolute atomic E-state index is 0.569. The summed E-state index contributed by atoms with van der Waals surface area (Å²) in [7, 11) is 0. The number of nitriles is 1. The fourth-order valence-electron chi connectivity index (χ4n) is 1.84. The first-order valence-corrected chi connectivity index (χ1v) is 7.34. The van der Waals surface area contributed by atoms with E-state index in [-0.39, 0.29) is 0 Å². The quantitative estimate of drug-likeness (QED) is 0.669. The molecular weight excluding hydrogens is 268 g/mol. The number of hydrogen-bond donors (Lipinski definition) is 1. The summed E-state index contributed by atoms with van der Waals surface area (Å²) < 4.78 is 5.88. The maximum atomic E-state index is 9.36. The largest absolute Gasteiger partial charge is 0.456 e. The molecule has 0 saturated carbocycles. The van der Waals surface area contributed by atoms with E-state index >= 15 is 0 Å². The van der Waals surface area contributed by atoms with E-state index in [1.54, 1.807) is 17.8 Å². The molecule has 0 unspecified atom stereocenters. The molecule has 0 amide bonds. The second kappa shape index (κ2) is 6.36. The minimum atomic E-state index is 0.569. The van der Waals surface area contributed by atoms with Crippen molar-refractivity contribution >= 4 is 17.4 Å². The maximum absolute atomic E-state index is 9.36. The van der Waals surface area contributed by atoms with Crippen molar-refractivity contribution < 1.29 is 4.74 Å². The van der Waals surface area contributed by atoms with Gasteiger partial charge in [-0.3, -0.25) is 0 Å². The number of ether oxygens (including phenoxy) is 1. The number of nitrogens with two attached hydrogens (primary N) is 1. The van der Waals surface area contributed by atoms with Crippen LogP contribution in [0.2, 0.25) is 0 Å². The number of anilines is 1. The van der Waals surface area contributed by atoms with Gasteiger partial charge in [-0.2, -0.15) is 5.26 Å². The van der Waals surface area contributed by atoms with Crippen LogP contribution in [0.25, 0.3) is 0 Å². The lowest BCUT2D eigenvalue weighted by Crippen LogP contribution is -1.95. The lowest BCUT2D eigenvalue weighted by molar-refractivity contribution is 0.476. The molecule has 0 aromatic heterocycles. The van der Waals surface area contributed by atoms with Gasteiger partial charge in [-0.25, -0.2) is 0 Å². The van der Waals surface area contributed by atoms with Crippen molar-refractivity contribution in [3.8, 4) is 17.6 Å². The third-order valence-corrected chi connectivity index (χ3v) is 3.89. The molecule has 102 valence electrons. The molecule has 0 fully saturated rings. The van der Waals surface area contributed by atoms with Crippen LogP contribution in [0.1, 0.15) is 18.1 Å². The van der Waals surface area contributed by atoms with E-state index in [2.05, 4.69) is 13.0 Å². The van der Waals surface area contributed by atoms with Gasteiger partial charge in [0, 0.05) is 16.1 Å². The summed E-state index contributed by atoms with van der Waals surface area (Å²) in [6.07, 6.45) is 0. The van der Waals surface area contributed by atoms with E-state index < -0.39 is 0 Å². The highest BCUT2D eigenvalue weighted by molar-refractivity contribution is 7.99. The average molecular weight is 284 g/mol. The Hall–Kier alpha value is -2.12. The van der Waals surface area contributed by atoms with Crippen molar-refractivity contribution in [1.29, 1.82) is 5.26 Å². The summed E-state index contributed by atoms with van der Waals surface area (Å²) in [4.78, 5) is 0.939. The van der Waals surface area contributed by atoms with Gasteiger partial charge in [0.2, 0.25) is 0 Å². The Balaban J connectivity index is 2.41. The highest BCUT2D eigenvalue weighted by Gasteiger charge is 2.11. The second-order valence-corrected chi connectivity index (χ2v) is 5.55. The highest BCUT2D eigenvalue weighted by atomic mass is 32.2. The molecule has 0 bridgehead atoms. The van der Waals surface area contributed by atoms with Crippen LogP contribution in [-0.2, 0) is 0 Å². The van der Waals surface area contributed by atoms with E-state index in [4.69, 9.17) is 10.5 Å². The van der Waals surface area contributed by atoms with Gasteiger partial charge >= 0.3 is 0 Å². The SMILES string of the molecule is CCSc1cccc(Oc2cccc(N)c2C)c1C#N. The predicted octanol–water partition coefficient (Wildman–Crippen LogP) is 4.35. The smallest absolute Gasteiger partial charge is 0.146 e. The molecule has 0 atom stereocenters. The number of nitrogens with zero attached hydrogens (tertiary/aromatic N) is 1. The van der Waals surface area contributed by atoms with Crippen molar-refractivity contribution in [2.45, 2.75) is 18.7 Å². The fraction of sp³-hybridized carbons (Fsp3) is 0.188. The van der Waals surface area contributed by atoms with E-state index in [0.717, 1.165) is 16.2 Å². The summed E-state index contributed by atoms with van der Waals surface area (Å²) >= 11 is 1.63. The Labute approximate surface area is 123 Å². The molecule has 0 aliphatic heterocycles. The molecule has 0 heterocycles. The molecule has 2 aromatic rings. The fourth-order valence-corrected chi connectivity index (χ4v) is 2.62. The summed E-state index contributed by atoms with van der Waals surface area (Å²) in [5.41, 5.74) is 8.00. The standard InChI is InChI=1S/C16H16N2OS/c1-3-20-16-9-5-8-15(12(16)10-17)19-14-7-4-6-13(18)11(14)2/h4-9H,3,18H2,1-2H3. The zero-order valence-corrected chi connectivity index (χ0v) is 12.3. The van der Waals surface area contributed by atoms with E-state index in [9.17, 15) is 5.26 Å². The molecule has 0 aliphatic rings. The number of rotatable bonds is 4. The summed E-state index contributed by atoms with van der Waals surface area (Å²) in [6.45, 7) is 3.96. The number of benzene rings is 2. The molecule has 3 nitrogen and oxygen atoms in total. The number of nitrogen functional groups attached to an aromatic ring is 1. The van der Waals surface area contributed by atoms with E-state index in [1.165, 1.54) is 0 Å². The van der Waals surface area contributed by atoms with Crippen LogP contribution in [0.15, 0.2) is 41.3 Å². The summed E-state index contributed by atoms with van der Waals surface area (Å²) in [5, 5.41) is 9.36. The topological polar surface area (TPSA) is 59.0 Å². The molecule has 20 heavy (non-hydrogen) atoms. The normalized spacial score (nSPS) is 10.1. The van der Waals surface area contributed by atoms with Gasteiger partial charge in [0.25, 0.3) is 0 Å². The Morgan fingerprint density at radius 2 is 1.90 bits per heavy atom. The third kappa shape index (κ3) is 2.89. The van der Waals surface area contributed by atoms with Crippen molar-refractivity contribution in [2.24, 2.45) is 0 Å². The zero-order valence-electron chi connectivity index (χ0n) is 11.5. The molecular formula is C16H16N2OS. The van der Waals surface area contributed by atoms with Crippen LogP contribution in [0.3, 0.4) is 0 Å². The summed E-state index contributed by atoms with van der Waals surface area (Å²) in [6, 6.07) is 13.4. The van der Waals surface area contributed by atoms with Crippen LogP contribution in [0.4, 0.5) is 5.69 Å². The first-order valence-electron chi connectivity index (χ1n) is 6.36. The first kappa shape index (κ1) is 14.3. The third-order valence-electron chi connectivity index (χ3n) is 2.95. The molecule has 0 radical (unpaired) electrons. The van der Waals surface area contributed by atoms with Crippen molar-refractivity contribution in [3.05, 3.63) is 47.5 Å². The van der Waals surface area contributed by atoms with Gasteiger partial charge in [-0.15, -0.1) is 11.8 Å². The Bertz CT molecular complexity index is 662. The molecule has 4 heteroatoms. The average Bonchev–Trinajstić information content (AvgIpc) is 2.44. The lowest BCUT2D eigenvalue weighted by atomic mass is 10.1. The van der Waals surface area contributed by atoms with Crippen LogP contribution in [0, 0.1) is 18.3 Å². The zero-order chi connectivity index (χ0) is 14.5. The van der Waals surface area contributed by atoms with Gasteiger partial charge in [-0.1, -0.05) is 19.1 Å². The molecule has 0 saturated heterocycles. The number of hydrogen-bond acceptors (Lipinski definition) is 4. The molecule has 2 N–H and O–H groups in total. The van der Waals surface area contributed by atoms with Gasteiger partial charge in [0.15, 0.2) is 0 Å². The highest BCUT2D eigenvalue weighted by Crippen LogP contribution is 2.34. The van der Waals surface area contributed by atoms with Crippen molar-refractivity contribution in [1.82, 2.24) is 0 Å². The monoisotopic (exact) mass is 284 g/mol. The van der Waals surface area contributed by atoms with E-state index in [1.807, 2.05) is 37.3 Å². The first-order chi connectivity index (χ1) is 9.67. The number of thioether (sulfide) groups is 1. The second-order valence-electron chi connectivity index (χ2n) is 4.25. The molecule has 0 spiro atoms. The Morgan fingerprint density at radius 1 is 1.20 bits per heavy atom. The lowest BCUT2D eigenvalue weighted by Gasteiger charge is -2.13. The van der Waals surface area contributed by atoms with Crippen LogP contribution in [-0.4, -0.2) is 5.75 Å². The summed E-state index contributed by atoms with van der Waals surface area (Å²) in [5.74, 6) is 2.16. The van der Waals surface area contributed by atoms with Crippen LogP contribution < -0.4 is 10.5 Å². The molecule has 2 rings (SSSR count). The van der Waals surface area contributed by atoms with E-state index in [0.29, 0.717) is 22.7 Å². The maximum Gasteiger partial charge on any atom is 0.146 e. The molecule has 2 aromatic carbocycles. The minimum Gasteiger partial charge on any atom is -0.456 e. The van der Waals surface area contributed by atoms with Gasteiger partial charge in [-0.05, 0) is 36.9 Å². The molecule has 0 aliphatic carbocycles. The van der Waals surface area contributed by atoms with Crippen molar-refractivity contribution in [3.63, 3.8) is 0 Å². The Kier molecular flexibility index (Phi) is 4.54. The van der Waals surface area contributed by atoms with Crippen LogP contribution >= 0.6 is 11.8 Å². The van der Waals surface area contributed by atoms with Gasteiger partial charge in [0.1, 0.15) is 23.1 Å². The van der Waals surface area contributed by atoms with Crippen LogP contribution in [0.5, 0.6) is 11.5 Å².